The second-order valence-corrected chi connectivity index (χ2v) is 12.6. The zero-order valence-corrected chi connectivity index (χ0v) is 25.1. The summed E-state index contributed by atoms with van der Waals surface area (Å²) >= 11 is 0. The first kappa shape index (κ1) is 28.4. The number of carbonyl (C=O) groups excluding carboxylic acids is 2. The summed E-state index contributed by atoms with van der Waals surface area (Å²) in [5.41, 5.74) is 5.89. The molecule has 43 heavy (non-hydrogen) atoms. The van der Waals surface area contributed by atoms with Crippen molar-refractivity contribution in [2.75, 3.05) is 4.90 Å². The number of aromatic nitrogens is 2. The molecule has 1 aliphatic rings. The number of aryl methyl sites for hydroxylation is 2. The molecule has 9 nitrogen and oxygen atoms in total. The second-order valence-electron chi connectivity index (χ2n) is 10.8. The lowest BCUT2D eigenvalue weighted by atomic mass is 10.0. The van der Waals surface area contributed by atoms with Crippen molar-refractivity contribution >= 4 is 38.6 Å². The Morgan fingerprint density at radius 3 is 2.28 bits per heavy atom. The summed E-state index contributed by atoms with van der Waals surface area (Å²) in [5, 5.41) is 0. The maximum absolute atomic E-state index is 14.4. The molecule has 1 unspecified atom stereocenters. The lowest BCUT2D eigenvalue weighted by molar-refractivity contribution is -0.122. The van der Waals surface area contributed by atoms with Crippen LogP contribution < -0.4 is 4.90 Å². The lowest BCUT2D eigenvalue weighted by Crippen LogP contribution is -2.45. The van der Waals surface area contributed by atoms with Crippen LogP contribution >= 0.6 is 0 Å². The Balaban J connectivity index is 1.37. The number of nitrogens with zero attached hydrogens (tertiary/aromatic N) is 4. The summed E-state index contributed by atoms with van der Waals surface area (Å²) in [4.78, 5) is 37.2. The Morgan fingerprint density at radius 1 is 0.930 bits per heavy atom. The van der Waals surface area contributed by atoms with Gasteiger partial charge in [-0.25, -0.2) is 18.3 Å². The van der Waals surface area contributed by atoms with Crippen LogP contribution in [-0.2, 0) is 26.2 Å². The molecule has 0 spiro atoms. The molecule has 1 atom stereocenters. The Hall–Kier alpha value is -4.67. The highest BCUT2D eigenvalue weighted by atomic mass is 32.2. The number of benzene rings is 3. The number of amides is 2. The second kappa shape index (κ2) is 10.9. The Morgan fingerprint density at radius 2 is 1.63 bits per heavy atom. The van der Waals surface area contributed by atoms with Gasteiger partial charge in [0.05, 0.1) is 17.0 Å². The average Bonchev–Trinajstić information content (AvgIpc) is 3.55. The van der Waals surface area contributed by atoms with Gasteiger partial charge in [0, 0.05) is 24.5 Å². The first-order valence-electron chi connectivity index (χ1n) is 13.9. The molecule has 1 aliphatic heterocycles. The van der Waals surface area contributed by atoms with E-state index < -0.39 is 27.9 Å². The van der Waals surface area contributed by atoms with Crippen molar-refractivity contribution in [1.29, 1.82) is 0 Å². The molecule has 10 heteroatoms. The van der Waals surface area contributed by atoms with Crippen LogP contribution in [0.1, 0.15) is 34.2 Å². The lowest BCUT2D eigenvalue weighted by Gasteiger charge is -2.29. The van der Waals surface area contributed by atoms with E-state index in [0.29, 0.717) is 39.4 Å². The van der Waals surface area contributed by atoms with Crippen molar-refractivity contribution in [3.63, 3.8) is 0 Å². The summed E-state index contributed by atoms with van der Waals surface area (Å²) in [5.74, 6) is -0.672. The van der Waals surface area contributed by atoms with Crippen LogP contribution in [0.2, 0.25) is 0 Å². The van der Waals surface area contributed by atoms with E-state index in [1.165, 1.54) is 0 Å². The van der Waals surface area contributed by atoms with E-state index in [9.17, 15) is 18.0 Å². The number of sulfonamides is 1. The van der Waals surface area contributed by atoms with E-state index >= 15 is 0 Å². The zero-order valence-electron chi connectivity index (χ0n) is 24.2. The molecule has 0 N–H and O–H groups in total. The summed E-state index contributed by atoms with van der Waals surface area (Å²) in [6.45, 7) is 7.15. The summed E-state index contributed by atoms with van der Waals surface area (Å²) in [7, 11) is -4.22. The van der Waals surface area contributed by atoms with Crippen LogP contribution in [0.4, 0.5) is 5.69 Å². The predicted molar refractivity (Wildman–Crippen MR) is 163 cm³/mol. The van der Waals surface area contributed by atoms with Gasteiger partial charge in [-0.05, 0) is 98.0 Å². The topological polar surface area (TPSA) is 114 Å². The highest BCUT2D eigenvalue weighted by Crippen LogP contribution is 2.35. The molecule has 0 saturated carbocycles. The van der Waals surface area contributed by atoms with Gasteiger partial charge >= 0.3 is 0 Å². The van der Waals surface area contributed by atoms with Crippen LogP contribution in [-0.4, -0.2) is 40.5 Å². The maximum atomic E-state index is 14.4. The van der Waals surface area contributed by atoms with Crippen molar-refractivity contribution in [1.82, 2.24) is 14.3 Å². The molecule has 3 heterocycles. The number of hydrogen-bond acceptors (Lipinski definition) is 7. The van der Waals surface area contributed by atoms with E-state index in [2.05, 4.69) is 9.97 Å². The Kier molecular flexibility index (Phi) is 7.19. The van der Waals surface area contributed by atoms with Gasteiger partial charge in [0.1, 0.15) is 11.6 Å². The molecule has 218 valence electrons. The number of para-hydroxylation sites is 2. The molecule has 5 aromatic rings. The normalized spacial score (nSPS) is 15.7. The number of fused-ring (bicyclic) bond motifs is 1. The van der Waals surface area contributed by atoms with Crippen molar-refractivity contribution in [3.05, 3.63) is 107 Å². The summed E-state index contributed by atoms with van der Waals surface area (Å²) < 4.78 is 35.9. The SMILES string of the molecule is Cc1cc(C)c(C)c(S(=O)(=O)N(Cc2cccnc2)C2CC(=O)N(c3ccc(-c4nc5ccccc5o4)cc3)C2=O)c1C. The van der Waals surface area contributed by atoms with Gasteiger partial charge < -0.3 is 4.42 Å². The largest absolute Gasteiger partial charge is 0.436 e. The molecule has 0 bridgehead atoms. The molecule has 0 radical (unpaired) electrons. The fourth-order valence-corrected chi connectivity index (χ4v) is 7.73. The Bertz CT molecular complexity index is 1930. The van der Waals surface area contributed by atoms with Crippen molar-refractivity contribution in [3.8, 4) is 11.5 Å². The molecule has 0 aliphatic carbocycles. The summed E-state index contributed by atoms with van der Waals surface area (Å²) in [6.07, 6.45) is 2.87. The molecule has 3 aromatic carbocycles. The van der Waals surface area contributed by atoms with Crippen LogP contribution in [0.3, 0.4) is 0 Å². The van der Waals surface area contributed by atoms with E-state index in [-0.39, 0.29) is 17.9 Å². The number of carbonyl (C=O) groups is 2. The van der Waals surface area contributed by atoms with Gasteiger partial charge in [0.25, 0.3) is 5.91 Å². The average molecular weight is 595 g/mol. The predicted octanol–water partition coefficient (Wildman–Crippen LogP) is 5.65. The van der Waals surface area contributed by atoms with Gasteiger partial charge in [-0.15, -0.1) is 0 Å². The quantitative estimate of drug-likeness (QED) is 0.224. The van der Waals surface area contributed by atoms with E-state index in [1.54, 1.807) is 62.6 Å². The smallest absolute Gasteiger partial charge is 0.252 e. The van der Waals surface area contributed by atoms with Gasteiger partial charge in [0.15, 0.2) is 5.58 Å². The third kappa shape index (κ3) is 5.02. The van der Waals surface area contributed by atoms with Crippen LogP contribution in [0.5, 0.6) is 0 Å². The number of oxazole rings is 1. The summed E-state index contributed by atoms with van der Waals surface area (Å²) in [6, 6.07) is 18.3. The number of hydrogen-bond donors (Lipinski definition) is 0. The molecular formula is C33H30N4O5S. The van der Waals surface area contributed by atoms with E-state index in [1.807, 2.05) is 44.2 Å². The number of pyridine rings is 1. The first-order valence-corrected chi connectivity index (χ1v) is 15.3. The van der Waals surface area contributed by atoms with Gasteiger partial charge in [-0.2, -0.15) is 4.31 Å². The highest BCUT2D eigenvalue weighted by molar-refractivity contribution is 7.89. The van der Waals surface area contributed by atoms with Crippen molar-refractivity contribution in [2.45, 2.75) is 51.6 Å². The molecule has 2 amide bonds. The minimum atomic E-state index is -4.22. The first-order chi connectivity index (χ1) is 20.6. The third-order valence-electron chi connectivity index (χ3n) is 8.06. The zero-order chi connectivity index (χ0) is 30.5. The van der Waals surface area contributed by atoms with Gasteiger partial charge in [-0.3, -0.25) is 14.6 Å². The minimum Gasteiger partial charge on any atom is -0.436 e. The Labute approximate surface area is 249 Å². The van der Waals surface area contributed by atoms with Crippen molar-refractivity contribution in [2.24, 2.45) is 0 Å². The number of anilines is 1. The van der Waals surface area contributed by atoms with E-state index in [4.69, 9.17) is 4.42 Å². The molecular weight excluding hydrogens is 564 g/mol. The molecule has 1 fully saturated rings. The highest BCUT2D eigenvalue weighted by Gasteiger charge is 2.47. The van der Waals surface area contributed by atoms with Crippen LogP contribution in [0.15, 0.2) is 88.4 Å². The molecule has 2 aromatic heterocycles. The van der Waals surface area contributed by atoms with Crippen molar-refractivity contribution < 1.29 is 22.4 Å². The number of rotatable bonds is 7. The maximum Gasteiger partial charge on any atom is 0.252 e. The number of imide groups is 1. The fourth-order valence-electron chi connectivity index (χ4n) is 5.58. The third-order valence-corrected chi connectivity index (χ3v) is 10.2. The van der Waals surface area contributed by atoms with Gasteiger partial charge in [-0.1, -0.05) is 24.3 Å². The van der Waals surface area contributed by atoms with E-state index in [0.717, 1.165) is 25.8 Å². The fraction of sp³-hybridized carbons (Fsp3) is 0.212. The molecule has 6 rings (SSSR count). The minimum absolute atomic E-state index is 0.115. The standard InChI is InChI=1S/C33H30N4O5S/c1-20-16-21(2)23(4)31(22(20)3)43(40,41)36(19-24-8-7-15-34-18-24)28-17-30(38)37(33(28)39)26-13-11-25(12-14-26)32-35-27-9-5-6-10-29(27)42-32/h5-16,18,28H,17,19H2,1-4H3. The van der Waals surface area contributed by atoms with Crippen LogP contribution in [0.25, 0.3) is 22.6 Å². The van der Waals surface area contributed by atoms with Gasteiger partial charge in [0.2, 0.25) is 21.8 Å². The monoisotopic (exact) mass is 594 g/mol. The molecule has 1 saturated heterocycles. The van der Waals surface area contributed by atoms with Crippen LogP contribution in [0, 0.1) is 27.7 Å².